The molecule has 0 atom stereocenters. The highest BCUT2D eigenvalue weighted by atomic mass is 35.5. The maximum Gasteiger partial charge on any atom is 0.226 e. The predicted octanol–water partition coefficient (Wildman–Crippen LogP) is 3.79. The molecule has 0 fully saturated rings. The minimum atomic E-state index is -0.0661. The number of anilines is 1. The highest BCUT2D eigenvalue weighted by Gasteiger charge is 2.07. The Hall–Kier alpha value is -2.12. The summed E-state index contributed by atoms with van der Waals surface area (Å²) in [7, 11) is 0. The van der Waals surface area contributed by atoms with Gasteiger partial charge in [-0.2, -0.15) is 0 Å². The van der Waals surface area contributed by atoms with Crippen LogP contribution in [0.1, 0.15) is 35.7 Å². The third-order valence-corrected chi connectivity index (χ3v) is 5.69. The van der Waals surface area contributed by atoms with Gasteiger partial charge in [0.15, 0.2) is 5.96 Å². The van der Waals surface area contributed by atoms with Gasteiger partial charge in [0.25, 0.3) is 0 Å². The van der Waals surface area contributed by atoms with Crippen molar-refractivity contribution in [2.75, 3.05) is 25.0 Å². The molecule has 0 spiro atoms. The average molecular weight is 422 g/mol. The largest absolute Gasteiger partial charge is 0.357 e. The van der Waals surface area contributed by atoms with Crippen LogP contribution in [0.15, 0.2) is 29.4 Å². The minimum Gasteiger partial charge on any atom is -0.357 e. The van der Waals surface area contributed by atoms with Crippen LogP contribution in [-0.2, 0) is 17.6 Å². The topological polar surface area (TPSA) is 78.4 Å². The van der Waals surface area contributed by atoms with Crippen LogP contribution in [-0.4, -0.2) is 36.5 Å². The van der Waals surface area contributed by atoms with Gasteiger partial charge >= 0.3 is 0 Å². The normalized spacial score (nSPS) is 11.4. The number of nitrogens with one attached hydrogen (secondary N) is 3. The van der Waals surface area contributed by atoms with Gasteiger partial charge in [0, 0.05) is 54.3 Å². The molecule has 6 nitrogen and oxygen atoms in total. The molecule has 0 aliphatic heterocycles. The maximum atomic E-state index is 12.2. The number of amides is 1. The number of hydrogen-bond donors (Lipinski definition) is 3. The van der Waals surface area contributed by atoms with Gasteiger partial charge in [0.1, 0.15) is 0 Å². The van der Waals surface area contributed by atoms with Crippen molar-refractivity contribution in [1.82, 2.24) is 15.6 Å². The number of aromatic nitrogens is 1. The van der Waals surface area contributed by atoms with E-state index >= 15 is 0 Å². The van der Waals surface area contributed by atoms with Gasteiger partial charge in [-0.1, -0.05) is 24.6 Å². The van der Waals surface area contributed by atoms with Gasteiger partial charge in [0.2, 0.25) is 5.91 Å². The molecule has 1 aromatic carbocycles. The third kappa shape index (κ3) is 7.13. The van der Waals surface area contributed by atoms with Crippen LogP contribution >= 0.6 is 22.9 Å². The van der Waals surface area contributed by atoms with Crippen LogP contribution in [0.25, 0.3) is 0 Å². The summed E-state index contributed by atoms with van der Waals surface area (Å²) in [6.07, 6.45) is 4.10. The standard InChI is InChI=1S/C20H28ClN5OS/c1-4-15-13-25-19(28-15)10-12-24-20(22-5-2)23-11-9-18(27)26-17-8-6-7-16(21)14(17)3/h6-8,13H,4-5,9-12H2,1-3H3,(H,26,27)(H2,22,23,24). The molecule has 0 radical (unpaired) electrons. The van der Waals surface area contributed by atoms with E-state index in [2.05, 4.69) is 32.9 Å². The Morgan fingerprint density at radius 3 is 2.82 bits per heavy atom. The Morgan fingerprint density at radius 2 is 2.11 bits per heavy atom. The Bertz CT molecular complexity index is 806. The second kappa shape index (κ2) is 11.7. The number of guanidine groups is 1. The molecule has 28 heavy (non-hydrogen) atoms. The summed E-state index contributed by atoms with van der Waals surface area (Å²) in [5.74, 6) is 0.644. The van der Waals surface area contributed by atoms with Gasteiger partial charge in [-0.05, 0) is 38.0 Å². The molecule has 2 aromatic rings. The van der Waals surface area contributed by atoms with Gasteiger partial charge in [-0.15, -0.1) is 11.3 Å². The minimum absolute atomic E-state index is 0.0661. The summed E-state index contributed by atoms with van der Waals surface area (Å²) >= 11 is 7.83. The van der Waals surface area contributed by atoms with Crippen molar-refractivity contribution in [3.63, 3.8) is 0 Å². The second-order valence-electron chi connectivity index (χ2n) is 6.22. The number of aryl methyl sites for hydroxylation is 1. The fourth-order valence-corrected chi connectivity index (χ4v) is 3.51. The fraction of sp³-hybridized carbons (Fsp3) is 0.450. The number of hydrogen-bond acceptors (Lipinski definition) is 4. The van der Waals surface area contributed by atoms with Crippen LogP contribution in [0.4, 0.5) is 5.69 Å². The first-order valence-electron chi connectivity index (χ1n) is 9.54. The molecule has 3 N–H and O–H groups in total. The highest BCUT2D eigenvalue weighted by molar-refractivity contribution is 7.11. The van der Waals surface area contributed by atoms with Crippen molar-refractivity contribution in [3.05, 3.63) is 44.9 Å². The predicted molar refractivity (Wildman–Crippen MR) is 119 cm³/mol. The molecule has 0 unspecified atom stereocenters. The average Bonchev–Trinajstić information content (AvgIpc) is 3.13. The summed E-state index contributed by atoms with van der Waals surface area (Å²) in [5, 5.41) is 11.0. The smallest absolute Gasteiger partial charge is 0.226 e. The number of thiazole rings is 1. The fourth-order valence-electron chi connectivity index (χ4n) is 2.48. The molecular formula is C20H28ClN5OS. The zero-order valence-corrected chi connectivity index (χ0v) is 18.2. The molecule has 8 heteroatoms. The van der Waals surface area contributed by atoms with Gasteiger partial charge in [-0.3, -0.25) is 9.79 Å². The molecule has 0 aliphatic carbocycles. The maximum absolute atomic E-state index is 12.2. The van der Waals surface area contributed by atoms with Crippen LogP contribution < -0.4 is 16.0 Å². The lowest BCUT2D eigenvalue weighted by molar-refractivity contribution is -0.116. The molecule has 0 aliphatic rings. The summed E-state index contributed by atoms with van der Waals surface area (Å²) in [6.45, 7) is 7.94. The highest BCUT2D eigenvalue weighted by Crippen LogP contribution is 2.22. The third-order valence-electron chi connectivity index (χ3n) is 4.08. The van der Waals surface area contributed by atoms with E-state index in [1.54, 1.807) is 11.3 Å². The number of carbonyl (C=O) groups excluding carboxylic acids is 1. The Kier molecular flexibility index (Phi) is 9.23. The Morgan fingerprint density at radius 1 is 1.29 bits per heavy atom. The number of nitrogens with zero attached hydrogens (tertiary/aromatic N) is 2. The zero-order valence-electron chi connectivity index (χ0n) is 16.6. The summed E-state index contributed by atoms with van der Waals surface area (Å²) in [5.41, 5.74) is 1.61. The molecule has 2 rings (SSSR count). The van der Waals surface area contributed by atoms with Crippen molar-refractivity contribution in [2.24, 2.45) is 4.99 Å². The van der Waals surface area contributed by atoms with Gasteiger partial charge in [0.05, 0.1) is 5.01 Å². The summed E-state index contributed by atoms with van der Waals surface area (Å²) < 4.78 is 0. The number of rotatable bonds is 9. The lowest BCUT2D eigenvalue weighted by Gasteiger charge is -2.12. The van der Waals surface area contributed by atoms with E-state index in [4.69, 9.17) is 11.6 Å². The Balaban J connectivity index is 1.78. The second-order valence-corrected chi connectivity index (χ2v) is 7.83. The van der Waals surface area contributed by atoms with Crippen molar-refractivity contribution in [3.8, 4) is 0 Å². The molecule has 0 saturated heterocycles. The van der Waals surface area contributed by atoms with Crippen LogP contribution in [0.3, 0.4) is 0 Å². The van der Waals surface area contributed by atoms with Crippen molar-refractivity contribution < 1.29 is 4.79 Å². The molecular weight excluding hydrogens is 394 g/mol. The molecule has 1 amide bonds. The molecule has 0 saturated carbocycles. The van der Waals surface area contributed by atoms with Crippen LogP contribution in [0.5, 0.6) is 0 Å². The Labute approximate surface area is 175 Å². The first-order valence-corrected chi connectivity index (χ1v) is 10.7. The molecule has 0 bridgehead atoms. The lowest BCUT2D eigenvalue weighted by Crippen LogP contribution is -2.38. The van der Waals surface area contributed by atoms with Gasteiger partial charge in [-0.25, -0.2) is 4.98 Å². The van der Waals surface area contributed by atoms with Crippen molar-refractivity contribution in [1.29, 1.82) is 0 Å². The quantitative estimate of drug-likeness (QED) is 0.425. The van der Waals surface area contributed by atoms with E-state index in [1.807, 2.05) is 38.2 Å². The van der Waals surface area contributed by atoms with E-state index < -0.39 is 0 Å². The zero-order chi connectivity index (χ0) is 20.4. The summed E-state index contributed by atoms with van der Waals surface area (Å²) in [6, 6.07) is 5.48. The molecule has 152 valence electrons. The van der Waals surface area contributed by atoms with E-state index in [0.717, 1.165) is 35.6 Å². The SMILES string of the molecule is CCNC(=NCCc1ncc(CC)s1)NCCC(=O)Nc1cccc(Cl)c1C. The van der Waals surface area contributed by atoms with E-state index in [0.29, 0.717) is 30.5 Å². The number of carbonyl (C=O) groups is 1. The summed E-state index contributed by atoms with van der Waals surface area (Å²) in [4.78, 5) is 22.5. The van der Waals surface area contributed by atoms with E-state index in [9.17, 15) is 4.79 Å². The number of benzene rings is 1. The number of aliphatic imine (C=N–C) groups is 1. The van der Waals surface area contributed by atoms with E-state index in [1.165, 1.54) is 4.88 Å². The molecule has 1 aromatic heterocycles. The van der Waals surface area contributed by atoms with E-state index in [-0.39, 0.29) is 5.91 Å². The number of halogens is 1. The first-order chi connectivity index (χ1) is 13.5. The van der Waals surface area contributed by atoms with Gasteiger partial charge < -0.3 is 16.0 Å². The van der Waals surface area contributed by atoms with Crippen LogP contribution in [0.2, 0.25) is 5.02 Å². The van der Waals surface area contributed by atoms with Crippen molar-refractivity contribution in [2.45, 2.75) is 40.0 Å². The van der Waals surface area contributed by atoms with Crippen LogP contribution in [0, 0.1) is 6.92 Å². The molecule has 1 heterocycles. The lowest BCUT2D eigenvalue weighted by atomic mass is 10.2. The monoisotopic (exact) mass is 421 g/mol. The first kappa shape index (κ1) is 22.2. The van der Waals surface area contributed by atoms with Crippen molar-refractivity contribution >= 4 is 40.5 Å².